The minimum absolute atomic E-state index is 0.687. The highest BCUT2D eigenvalue weighted by molar-refractivity contribution is 7.99. The van der Waals surface area contributed by atoms with E-state index in [1.54, 1.807) is 0 Å². The Kier molecular flexibility index (Phi) is 5.07. The molecule has 2 N–H and O–H groups in total. The molecule has 5 heteroatoms. The Morgan fingerprint density at radius 3 is 2.38 bits per heavy atom. The van der Waals surface area contributed by atoms with Crippen molar-refractivity contribution in [1.29, 1.82) is 0 Å². The molecule has 0 aliphatic carbocycles. The van der Waals surface area contributed by atoms with E-state index < -0.39 is 0 Å². The molecule has 21 heavy (non-hydrogen) atoms. The van der Waals surface area contributed by atoms with Crippen LogP contribution in [0.2, 0.25) is 0 Å². The van der Waals surface area contributed by atoms with Gasteiger partial charge < -0.3 is 10.5 Å². The number of ether oxygens (including phenoxy) is 1. The fourth-order valence-corrected chi connectivity index (χ4v) is 2.79. The van der Waals surface area contributed by atoms with E-state index >= 15 is 0 Å². The van der Waals surface area contributed by atoms with Crippen LogP contribution in [0.4, 0.5) is 5.69 Å². The number of anilines is 1. The average Bonchev–Trinajstić information content (AvgIpc) is 2.42. The second-order valence-corrected chi connectivity index (χ2v) is 6.03. The molecule has 0 bridgehead atoms. The number of nitrogen functional groups attached to an aromatic ring is 1. The minimum atomic E-state index is 0.687. The highest BCUT2D eigenvalue weighted by atomic mass is 32.2. The topological polar surface area (TPSA) is 61.0 Å². The summed E-state index contributed by atoms with van der Waals surface area (Å²) in [5.74, 6) is 0.792. The van der Waals surface area contributed by atoms with E-state index in [4.69, 9.17) is 10.5 Å². The van der Waals surface area contributed by atoms with E-state index in [9.17, 15) is 0 Å². The fraction of sp³-hybridized carbons (Fsp3) is 0.375. The van der Waals surface area contributed by atoms with E-state index in [1.165, 1.54) is 11.8 Å². The van der Waals surface area contributed by atoms with Crippen molar-refractivity contribution in [2.24, 2.45) is 0 Å². The predicted octanol–water partition coefficient (Wildman–Crippen LogP) is 3.92. The number of rotatable bonds is 5. The molecular formula is C16H21N3OS. The number of aryl methyl sites for hydroxylation is 2. The zero-order chi connectivity index (χ0) is 15.4. The van der Waals surface area contributed by atoms with Gasteiger partial charge in [0.1, 0.15) is 5.75 Å². The van der Waals surface area contributed by atoms with Crippen LogP contribution in [0.5, 0.6) is 5.75 Å². The smallest absolute Gasteiger partial charge is 0.192 e. The van der Waals surface area contributed by atoms with Crippen LogP contribution in [-0.2, 0) is 0 Å². The minimum Gasteiger partial charge on any atom is -0.493 e. The van der Waals surface area contributed by atoms with Crippen LogP contribution >= 0.6 is 11.8 Å². The molecule has 0 fully saturated rings. The molecule has 2 aromatic rings. The van der Waals surface area contributed by atoms with Crippen molar-refractivity contribution < 1.29 is 4.74 Å². The van der Waals surface area contributed by atoms with Gasteiger partial charge in [0.15, 0.2) is 5.16 Å². The third-order valence-electron chi connectivity index (χ3n) is 3.20. The quantitative estimate of drug-likeness (QED) is 0.670. The van der Waals surface area contributed by atoms with E-state index in [-0.39, 0.29) is 0 Å². The van der Waals surface area contributed by atoms with E-state index in [1.807, 2.05) is 39.0 Å². The van der Waals surface area contributed by atoms with Crippen molar-refractivity contribution in [2.75, 3.05) is 12.3 Å². The molecule has 4 nitrogen and oxygen atoms in total. The molecule has 0 saturated heterocycles. The normalized spacial score (nSPS) is 10.7. The first kappa shape index (κ1) is 15.6. The number of hydrogen-bond acceptors (Lipinski definition) is 5. The number of nitrogens with two attached hydrogens (primary N) is 1. The Labute approximate surface area is 130 Å². The van der Waals surface area contributed by atoms with Crippen LogP contribution < -0.4 is 10.5 Å². The molecule has 1 heterocycles. The van der Waals surface area contributed by atoms with Crippen molar-refractivity contribution in [3.05, 3.63) is 35.2 Å². The largest absolute Gasteiger partial charge is 0.493 e. The number of nitrogens with zero attached hydrogens (tertiary/aromatic N) is 2. The zero-order valence-electron chi connectivity index (χ0n) is 12.9. The third kappa shape index (κ3) is 4.11. The maximum Gasteiger partial charge on any atom is 0.192 e. The first-order valence-corrected chi connectivity index (χ1v) is 7.84. The summed E-state index contributed by atoms with van der Waals surface area (Å²) in [6.45, 7) is 8.81. The Balaban J connectivity index is 2.24. The molecule has 1 aromatic heterocycles. The molecule has 1 aromatic carbocycles. The first-order chi connectivity index (χ1) is 9.99. The molecule has 0 unspecified atom stereocenters. The second-order valence-electron chi connectivity index (χ2n) is 4.99. The summed E-state index contributed by atoms with van der Waals surface area (Å²) in [5, 5.41) is 0.739. The summed E-state index contributed by atoms with van der Waals surface area (Å²) in [6, 6.07) is 5.73. The molecule has 2 rings (SSSR count). The van der Waals surface area contributed by atoms with Gasteiger partial charge in [-0.2, -0.15) is 0 Å². The van der Waals surface area contributed by atoms with Gasteiger partial charge in [-0.25, -0.2) is 9.97 Å². The standard InChI is InChI=1S/C16H21N3OS/c1-5-6-20-14-7-13(17)8-15(9-14)21-16-18-11(3)10(2)12(4)19-16/h7-9H,5-6,17H2,1-4H3. The molecule has 0 atom stereocenters. The summed E-state index contributed by atoms with van der Waals surface area (Å²) in [5.41, 5.74) is 9.78. The maximum atomic E-state index is 5.93. The lowest BCUT2D eigenvalue weighted by molar-refractivity contribution is 0.317. The van der Waals surface area contributed by atoms with Gasteiger partial charge in [0.05, 0.1) is 6.61 Å². The van der Waals surface area contributed by atoms with Crippen molar-refractivity contribution in [2.45, 2.75) is 44.2 Å². The molecule has 112 valence electrons. The summed E-state index contributed by atoms with van der Waals surface area (Å²) in [4.78, 5) is 10.0. The highest BCUT2D eigenvalue weighted by Gasteiger charge is 2.08. The van der Waals surface area contributed by atoms with Gasteiger partial charge in [-0.05, 0) is 56.7 Å². The van der Waals surface area contributed by atoms with Crippen molar-refractivity contribution in [1.82, 2.24) is 9.97 Å². The summed E-state index contributed by atoms with van der Waals surface area (Å²) in [7, 11) is 0. The number of aromatic nitrogens is 2. The van der Waals surface area contributed by atoms with Gasteiger partial charge in [0, 0.05) is 28.0 Å². The monoisotopic (exact) mass is 303 g/mol. The zero-order valence-corrected chi connectivity index (χ0v) is 13.8. The molecule has 0 spiro atoms. The Hall–Kier alpha value is -1.75. The predicted molar refractivity (Wildman–Crippen MR) is 87.0 cm³/mol. The van der Waals surface area contributed by atoms with Gasteiger partial charge >= 0.3 is 0 Å². The summed E-state index contributed by atoms with van der Waals surface area (Å²) >= 11 is 1.50. The SMILES string of the molecule is CCCOc1cc(N)cc(Sc2nc(C)c(C)c(C)n2)c1. The first-order valence-electron chi connectivity index (χ1n) is 7.02. The lowest BCUT2D eigenvalue weighted by Crippen LogP contribution is -1.99. The molecule has 0 saturated carbocycles. The second kappa shape index (κ2) is 6.80. The van der Waals surface area contributed by atoms with E-state index in [2.05, 4.69) is 16.9 Å². The van der Waals surface area contributed by atoms with Crippen LogP contribution in [0.1, 0.15) is 30.3 Å². The van der Waals surface area contributed by atoms with E-state index in [0.717, 1.165) is 39.2 Å². The Morgan fingerprint density at radius 1 is 1.10 bits per heavy atom. The fourth-order valence-electron chi connectivity index (χ4n) is 1.85. The molecule has 0 aliphatic heterocycles. The Bertz CT molecular complexity index is 620. The van der Waals surface area contributed by atoms with Crippen molar-refractivity contribution in [3.8, 4) is 5.75 Å². The van der Waals surface area contributed by atoms with Gasteiger partial charge in [0.25, 0.3) is 0 Å². The summed E-state index contributed by atoms with van der Waals surface area (Å²) in [6.07, 6.45) is 0.969. The number of hydrogen-bond donors (Lipinski definition) is 1. The molecule has 0 aliphatic rings. The van der Waals surface area contributed by atoms with Crippen LogP contribution in [0, 0.1) is 20.8 Å². The van der Waals surface area contributed by atoms with Gasteiger partial charge in [0.2, 0.25) is 0 Å². The number of benzene rings is 1. The molecule has 0 amide bonds. The van der Waals surface area contributed by atoms with Crippen molar-refractivity contribution in [3.63, 3.8) is 0 Å². The van der Waals surface area contributed by atoms with Crippen LogP contribution in [0.15, 0.2) is 28.3 Å². The van der Waals surface area contributed by atoms with Crippen LogP contribution in [-0.4, -0.2) is 16.6 Å². The molecule has 0 radical (unpaired) electrons. The Morgan fingerprint density at radius 2 is 1.76 bits per heavy atom. The van der Waals surface area contributed by atoms with E-state index in [0.29, 0.717) is 12.3 Å². The third-order valence-corrected chi connectivity index (χ3v) is 4.03. The molecular weight excluding hydrogens is 282 g/mol. The van der Waals surface area contributed by atoms with Gasteiger partial charge in [-0.1, -0.05) is 6.92 Å². The van der Waals surface area contributed by atoms with Gasteiger partial charge in [-0.15, -0.1) is 0 Å². The average molecular weight is 303 g/mol. The highest BCUT2D eigenvalue weighted by Crippen LogP contribution is 2.31. The lowest BCUT2D eigenvalue weighted by Gasteiger charge is -2.09. The van der Waals surface area contributed by atoms with Crippen LogP contribution in [0.3, 0.4) is 0 Å². The summed E-state index contributed by atoms with van der Waals surface area (Å²) < 4.78 is 5.65. The lowest BCUT2D eigenvalue weighted by atomic mass is 10.2. The van der Waals surface area contributed by atoms with Crippen molar-refractivity contribution >= 4 is 17.4 Å². The van der Waals surface area contributed by atoms with Crippen LogP contribution in [0.25, 0.3) is 0 Å². The maximum absolute atomic E-state index is 5.93. The van der Waals surface area contributed by atoms with Gasteiger partial charge in [-0.3, -0.25) is 0 Å².